The van der Waals surface area contributed by atoms with Crippen molar-refractivity contribution in [1.82, 2.24) is 24.8 Å². The summed E-state index contributed by atoms with van der Waals surface area (Å²) in [6.45, 7) is 3.78. The lowest BCUT2D eigenvalue weighted by Gasteiger charge is -2.03. The van der Waals surface area contributed by atoms with Gasteiger partial charge >= 0.3 is 6.09 Å². The highest BCUT2D eigenvalue weighted by Gasteiger charge is 2.17. The van der Waals surface area contributed by atoms with Crippen LogP contribution in [0.15, 0.2) is 6.20 Å². The molecule has 0 spiro atoms. The van der Waals surface area contributed by atoms with Gasteiger partial charge in [-0.15, -0.1) is 5.10 Å². The predicted octanol–water partition coefficient (Wildman–Crippen LogP) is 0.0688. The van der Waals surface area contributed by atoms with Gasteiger partial charge in [-0.25, -0.2) is 9.48 Å². The number of carbonyl (C=O) groups is 2. The van der Waals surface area contributed by atoms with Gasteiger partial charge in [0.15, 0.2) is 5.82 Å². The summed E-state index contributed by atoms with van der Waals surface area (Å²) in [5.41, 5.74) is 7.89. The van der Waals surface area contributed by atoms with Gasteiger partial charge in [0, 0.05) is 17.8 Å². The Bertz CT molecular complexity index is 704. The molecule has 0 aliphatic rings. The Labute approximate surface area is 126 Å². The highest BCUT2D eigenvalue weighted by Crippen LogP contribution is 2.12. The lowest BCUT2D eigenvalue weighted by Crippen LogP contribution is -2.22. The Morgan fingerprint density at radius 1 is 1.36 bits per heavy atom. The number of hydrogen-bond donors (Lipinski definition) is 2. The normalized spacial score (nSPS) is 10.5. The molecule has 22 heavy (non-hydrogen) atoms. The van der Waals surface area contributed by atoms with Crippen LogP contribution < -0.4 is 11.1 Å². The molecule has 0 aliphatic heterocycles. The largest absolute Gasteiger partial charge is 0.453 e. The molecule has 0 fully saturated rings. The number of amides is 1. The van der Waals surface area contributed by atoms with E-state index >= 15 is 0 Å². The summed E-state index contributed by atoms with van der Waals surface area (Å²) in [7, 11) is 1.24. The van der Waals surface area contributed by atoms with Crippen LogP contribution in [0.1, 0.15) is 21.7 Å². The summed E-state index contributed by atoms with van der Waals surface area (Å²) in [6, 6.07) is 0. The lowest BCUT2D eigenvalue weighted by atomic mass is 10.2. The second-order valence-electron chi connectivity index (χ2n) is 4.54. The number of nitrogens with zero attached hydrogens (tertiary/aromatic N) is 5. The van der Waals surface area contributed by atoms with Crippen LogP contribution >= 0.6 is 0 Å². The molecule has 0 radical (unpaired) electrons. The van der Waals surface area contributed by atoms with Crippen LogP contribution in [-0.4, -0.2) is 43.9 Å². The van der Waals surface area contributed by atoms with Crippen LogP contribution in [0.25, 0.3) is 0 Å². The molecule has 2 aromatic heterocycles. The molecule has 0 unspecified atom stereocenters. The molecule has 10 heteroatoms. The average Bonchev–Trinajstić information content (AvgIpc) is 3.03. The summed E-state index contributed by atoms with van der Waals surface area (Å²) in [5.74, 6) is -0.115. The third kappa shape index (κ3) is 3.11. The van der Waals surface area contributed by atoms with Gasteiger partial charge < -0.3 is 10.5 Å². The first-order valence-electron chi connectivity index (χ1n) is 6.49. The van der Waals surface area contributed by atoms with Crippen molar-refractivity contribution in [3.05, 3.63) is 23.1 Å². The molecular weight excluding hydrogens is 290 g/mol. The second kappa shape index (κ2) is 6.35. The van der Waals surface area contributed by atoms with Crippen molar-refractivity contribution in [3.63, 3.8) is 0 Å². The Morgan fingerprint density at radius 2 is 2.09 bits per heavy atom. The van der Waals surface area contributed by atoms with Gasteiger partial charge in [-0.2, -0.15) is 15.0 Å². The number of anilines is 1. The molecule has 2 rings (SSSR count). The molecule has 0 atom stereocenters. The van der Waals surface area contributed by atoms with E-state index in [1.807, 2.05) is 0 Å². The van der Waals surface area contributed by atoms with E-state index in [0.29, 0.717) is 12.2 Å². The molecule has 0 saturated heterocycles. The molecule has 0 aliphatic carbocycles. The van der Waals surface area contributed by atoms with Crippen molar-refractivity contribution in [2.45, 2.75) is 26.9 Å². The molecule has 2 aromatic rings. The minimum Gasteiger partial charge on any atom is -0.453 e. The summed E-state index contributed by atoms with van der Waals surface area (Å²) >= 11 is 0. The maximum absolute atomic E-state index is 12.3. The van der Waals surface area contributed by atoms with Crippen LogP contribution in [0.3, 0.4) is 0 Å². The van der Waals surface area contributed by atoms with E-state index in [4.69, 9.17) is 5.73 Å². The zero-order chi connectivity index (χ0) is 16.3. The summed E-state index contributed by atoms with van der Waals surface area (Å²) in [6.07, 6.45) is 0.654. The van der Waals surface area contributed by atoms with Crippen molar-refractivity contribution in [2.75, 3.05) is 12.4 Å². The Kier molecular flexibility index (Phi) is 4.51. The third-order valence-corrected chi connectivity index (χ3v) is 3.11. The van der Waals surface area contributed by atoms with Gasteiger partial charge in [-0.1, -0.05) is 0 Å². The fourth-order valence-electron chi connectivity index (χ4n) is 1.99. The van der Waals surface area contributed by atoms with E-state index < -0.39 is 6.09 Å². The first-order chi connectivity index (χ1) is 10.5. The lowest BCUT2D eigenvalue weighted by molar-refractivity contribution is 0.0861. The van der Waals surface area contributed by atoms with E-state index in [0.717, 1.165) is 16.1 Å². The van der Waals surface area contributed by atoms with E-state index in [1.54, 1.807) is 13.8 Å². The second-order valence-corrected chi connectivity index (χ2v) is 4.54. The predicted molar refractivity (Wildman–Crippen MR) is 76.3 cm³/mol. The van der Waals surface area contributed by atoms with Gasteiger partial charge in [0.05, 0.1) is 19.0 Å². The topological polar surface area (TPSA) is 130 Å². The van der Waals surface area contributed by atoms with Gasteiger partial charge in [0.25, 0.3) is 5.91 Å². The fraction of sp³-hybridized carbons (Fsp3) is 0.417. The fourth-order valence-corrected chi connectivity index (χ4v) is 1.99. The maximum Gasteiger partial charge on any atom is 0.412 e. The van der Waals surface area contributed by atoms with E-state index in [1.165, 1.54) is 18.0 Å². The minimum atomic E-state index is -0.662. The monoisotopic (exact) mass is 307 g/mol. The van der Waals surface area contributed by atoms with Crippen molar-refractivity contribution < 1.29 is 14.3 Å². The molecule has 3 N–H and O–H groups in total. The molecule has 10 nitrogen and oxygen atoms in total. The standard InChI is InChI=1S/C12H17N7O3/c1-7-9(4-13)8(2)19(16-7)11(20)6-18-14-5-10(17-18)15-12(21)22-3/h5H,4,6,13H2,1-3H3,(H,15,17,21). The van der Waals surface area contributed by atoms with Crippen LogP contribution in [-0.2, 0) is 17.8 Å². The van der Waals surface area contributed by atoms with E-state index in [-0.39, 0.29) is 18.3 Å². The van der Waals surface area contributed by atoms with Crippen LogP contribution in [0.4, 0.5) is 10.6 Å². The molecule has 0 aromatic carbocycles. The first-order valence-corrected chi connectivity index (χ1v) is 6.49. The third-order valence-electron chi connectivity index (χ3n) is 3.11. The SMILES string of the molecule is COC(=O)Nc1cnn(CC(=O)n2nc(C)c(CN)c2C)n1. The maximum atomic E-state index is 12.3. The number of carbonyl (C=O) groups excluding carboxylic acids is 2. The summed E-state index contributed by atoms with van der Waals surface area (Å²) in [4.78, 5) is 24.5. The van der Waals surface area contributed by atoms with Crippen molar-refractivity contribution >= 4 is 17.8 Å². The number of aromatic nitrogens is 5. The smallest absolute Gasteiger partial charge is 0.412 e. The van der Waals surface area contributed by atoms with Gasteiger partial charge in [0.2, 0.25) is 0 Å². The number of aryl methyl sites for hydroxylation is 1. The number of rotatable bonds is 4. The van der Waals surface area contributed by atoms with Crippen LogP contribution in [0.2, 0.25) is 0 Å². The summed E-state index contributed by atoms with van der Waals surface area (Å²) in [5, 5.41) is 14.4. The molecule has 1 amide bonds. The molecule has 0 bridgehead atoms. The number of nitrogens with two attached hydrogens (primary N) is 1. The zero-order valence-corrected chi connectivity index (χ0v) is 12.5. The van der Waals surface area contributed by atoms with E-state index in [2.05, 4.69) is 25.3 Å². The number of hydrogen-bond acceptors (Lipinski definition) is 7. The summed E-state index contributed by atoms with van der Waals surface area (Å²) < 4.78 is 5.72. The van der Waals surface area contributed by atoms with Crippen molar-refractivity contribution in [3.8, 4) is 0 Å². The molecule has 0 saturated carbocycles. The zero-order valence-electron chi connectivity index (χ0n) is 12.5. The Morgan fingerprint density at radius 3 is 2.68 bits per heavy atom. The highest BCUT2D eigenvalue weighted by molar-refractivity contribution is 5.83. The molecule has 2 heterocycles. The van der Waals surface area contributed by atoms with E-state index in [9.17, 15) is 9.59 Å². The Balaban J connectivity index is 2.11. The molecular formula is C12H17N7O3. The minimum absolute atomic E-state index is 0.116. The molecule has 118 valence electrons. The number of nitrogens with one attached hydrogen (secondary N) is 1. The van der Waals surface area contributed by atoms with Gasteiger partial charge in [-0.05, 0) is 13.8 Å². The van der Waals surface area contributed by atoms with Crippen LogP contribution in [0, 0.1) is 13.8 Å². The van der Waals surface area contributed by atoms with Crippen LogP contribution in [0.5, 0.6) is 0 Å². The van der Waals surface area contributed by atoms with Crippen molar-refractivity contribution in [1.29, 1.82) is 0 Å². The van der Waals surface area contributed by atoms with Gasteiger partial charge in [-0.3, -0.25) is 10.1 Å². The Hall–Kier alpha value is -2.75. The van der Waals surface area contributed by atoms with Crippen molar-refractivity contribution in [2.24, 2.45) is 5.73 Å². The number of ether oxygens (including phenoxy) is 1. The highest BCUT2D eigenvalue weighted by atomic mass is 16.5. The van der Waals surface area contributed by atoms with Gasteiger partial charge in [0.1, 0.15) is 6.54 Å². The average molecular weight is 307 g/mol. The first kappa shape index (κ1) is 15.6. The number of methoxy groups -OCH3 is 1. The quantitative estimate of drug-likeness (QED) is 0.817.